The van der Waals surface area contributed by atoms with Crippen molar-refractivity contribution in [2.24, 2.45) is 5.84 Å². The Morgan fingerprint density at radius 1 is 1.25 bits per heavy atom. The summed E-state index contributed by atoms with van der Waals surface area (Å²) in [5.74, 6) is 6.61. The minimum absolute atomic E-state index is 0.189. The summed E-state index contributed by atoms with van der Waals surface area (Å²) in [6.45, 7) is 0. The summed E-state index contributed by atoms with van der Waals surface area (Å²) in [6, 6.07) is 14.2. The van der Waals surface area contributed by atoms with E-state index in [-0.39, 0.29) is 11.9 Å². The lowest BCUT2D eigenvalue weighted by atomic mass is 10.1. The molecule has 2 rings (SSSR count). The van der Waals surface area contributed by atoms with Gasteiger partial charge in [-0.25, -0.2) is 4.39 Å². The van der Waals surface area contributed by atoms with Gasteiger partial charge in [0.2, 0.25) is 0 Å². The van der Waals surface area contributed by atoms with Gasteiger partial charge in [0.15, 0.2) is 0 Å². The molecule has 0 aliphatic heterocycles. The van der Waals surface area contributed by atoms with Crippen molar-refractivity contribution >= 4 is 11.8 Å². The van der Waals surface area contributed by atoms with Crippen molar-refractivity contribution in [3.05, 3.63) is 59.9 Å². The van der Waals surface area contributed by atoms with Crippen LogP contribution in [-0.2, 0) is 0 Å². The highest BCUT2D eigenvalue weighted by atomic mass is 32.2. The van der Waals surface area contributed by atoms with Gasteiger partial charge >= 0.3 is 0 Å². The average Bonchev–Trinajstić information content (AvgIpc) is 2.49. The number of hydrazine groups is 1. The highest BCUT2D eigenvalue weighted by Gasteiger charge is 2.16. The fourth-order valence-corrected chi connectivity index (χ4v) is 2.89. The van der Waals surface area contributed by atoms with Crippen LogP contribution < -0.4 is 16.0 Å². The number of halogens is 1. The Balaban J connectivity index is 2.14. The SMILES string of the molecule is COc1ccc(F)cc1C(CSc1ccccc1)NN. The number of hydrogen-bond acceptors (Lipinski definition) is 4. The number of ether oxygens (including phenoxy) is 1. The number of methoxy groups -OCH3 is 1. The Morgan fingerprint density at radius 3 is 2.65 bits per heavy atom. The second kappa shape index (κ2) is 7.28. The zero-order valence-electron chi connectivity index (χ0n) is 11.2. The first kappa shape index (κ1) is 14.8. The smallest absolute Gasteiger partial charge is 0.123 e. The summed E-state index contributed by atoms with van der Waals surface area (Å²) < 4.78 is 18.7. The van der Waals surface area contributed by atoms with Crippen molar-refractivity contribution < 1.29 is 9.13 Å². The van der Waals surface area contributed by atoms with E-state index in [1.807, 2.05) is 30.3 Å². The molecule has 2 aromatic carbocycles. The van der Waals surface area contributed by atoms with Gasteiger partial charge in [0, 0.05) is 16.2 Å². The Hall–Kier alpha value is -1.56. The summed E-state index contributed by atoms with van der Waals surface area (Å²) in [7, 11) is 1.56. The van der Waals surface area contributed by atoms with Crippen LogP contribution in [-0.4, -0.2) is 12.9 Å². The number of nitrogens with one attached hydrogen (secondary N) is 1. The van der Waals surface area contributed by atoms with Gasteiger partial charge in [-0.1, -0.05) is 18.2 Å². The Bertz CT molecular complexity index is 551. The number of nitrogens with two attached hydrogens (primary N) is 1. The van der Waals surface area contributed by atoms with E-state index in [1.165, 1.54) is 12.1 Å². The molecule has 2 aromatic rings. The Labute approximate surface area is 122 Å². The van der Waals surface area contributed by atoms with Gasteiger partial charge in [0.05, 0.1) is 13.2 Å². The summed E-state index contributed by atoms with van der Waals surface area (Å²) in [6.07, 6.45) is 0. The molecule has 106 valence electrons. The minimum Gasteiger partial charge on any atom is -0.496 e. The second-order valence-electron chi connectivity index (χ2n) is 4.23. The molecule has 0 spiro atoms. The van der Waals surface area contributed by atoms with Crippen molar-refractivity contribution in [2.45, 2.75) is 10.9 Å². The highest BCUT2D eigenvalue weighted by molar-refractivity contribution is 7.99. The van der Waals surface area contributed by atoms with Gasteiger partial charge in [-0.3, -0.25) is 11.3 Å². The topological polar surface area (TPSA) is 47.3 Å². The van der Waals surface area contributed by atoms with E-state index in [1.54, 1.807) is 24.9 Å². The molecule has 0 amide bonds. The summed E-state index contributed by atoms with van der Waals surface area (Å²) in [4.78, 5) is 1.14. The van der Waals surface area contributed by atoms with Crippen LogP contribution in [0, 0.1) is 5.82 Å². The molecular weight excluding hydrogens is 275 g/mol. The lowest BCUT2D eigenvalue weighted by molar-refractivity contribution is 0.401. The van der Waals surface area contributed by atoms with E-state index in [2.05, 4.69) is 5.43 Å². The van der Waals surface area contributed by atoms with Gasteiger partial charge in [0.1, 0.15) is 11.6 Å². The molecule has 20 heavy (non-hydrogen) atoms. The van der Waals surface area contributed by atoms with E-state index >= 15 is 0 Å². The largest absolute Gasteiger partial charge is 0.496 e. The third kappa shape index (κ3) is 3.72. The van der Waals surface area contributed by atoms with Crippen LogP contribution in [0.15, 0.2) is 53.4 Å². The first-order valence-electron chi connectivity index (χ1n) is 6.22. The fraction of sp³-hybridized carbons (Fsp3) is 0.200. The number of thioether (sulfide) groups is 1. The zero-order chi connectivity index (χ0) is 14.4. The van der Waals surface area contributed by atoms with Crippen molar-refractivity contribution in [1.82, 2.24) is 5.43 Å². The van der Waals surface area contributed by atoms with Crippen LogP contribution in [0.25, 0.3) is 0 Å². The lowest BCUT2D eigenvalue weighted by Crippen LogP contribution is -2.30. The van der Waals surface area contributed by atoms with Crippen LogP contribution in [0.3, 0.4) is 0 Å². The molecule has 0 bridgehead atoms. The Morgan fingerprint density at radius 2 is 2.00 bits per heavy atom. The predicted octanol–water partition coefficient (Wildman–Crippen LogP) is 3.13. The number of hydrogen-bond donors (Lipinski definition) is 2. The quantitative estimate of drug-likeness (QED) is 0.488. The van der Waals surface area contributed by atoms with Crippen molar-refractivity contribution in [3.63, 3.8) is 0 Å². The van der Waals surface area contributed by atoms with E-state index < -0.39 is 0 Å². The number of benzene rings is 2. The van der Waals surface area contributed by atoms with E-state index in [9.17, 15) is 4.39 Å². The molecule has 0 radical (unpaired) electrons. The molecule has 0 saturated heterocycles. The van der Waals surface area contributed by atoms with Crippen molar-refractivity contribution in [2.75, 3.05) is 12.9 Å². The third-order valence-electron chi connectivity index (χ3n) is 2.93. The molecule has 0 aliphatic carbocycles. The van der Waals surface area contributed by atoms with Gasteiger partial charge in [-0.05, 0) is 30.3 Å². The predicted molar refractivity (Wildman–Crippen MR) is 80.2 cm³/mol. The van der Waals surface area contributed by atoms with Crippen molar-refractivity contribution in [3.8, 4) is 5.75 Å². The highest BCUT2D eigenvalue weighted by Crippen LogP contribution is 2.30. The summed E-state index contributed by atoms with van der Waals surface area (Å²) in [5, 5.41) is 0. The minimum atomic E-state index is -0.300. The van der Waals surface area contributed by atoms with Crippen LogP contribution in [0.4, 0.5) is 4.39 Å². The number of rotatable bonds is 6. The van der Waals surface area contributed by atoms with Gasteiger partial charge in [0.25, 0.3) is 0 Å². The second-order valence-corrected chi connectivity index (χ2v) is 5.32. The first-order chi connectivity index (χ1) is 9.74. The lowest BCUT2D eigenvalue weighted by Gasteiger charge is -2.18. The maximum Gasteiger partial charge on any atom is 0.123 e. The molecule has 1 atom stereocenters. The first-order valence-corrected chi connectivity index (χ1v) is 7.20. The Kier molecular flexibility index (Phi) is 5.40. The van der Waals surface area contributed by atoms with Crippen LogP contribution in [0.2, 0.25) is 0 Å². The molecule has 3 N–H and O–H groups in total. The van der Waals surface area contributed by atoms with Crippen molar-refractivity contribution in [1.29, 1.82) is 0 Å². The average molecular weight is 292 g/mol. The maximum absolute atomic E-state index is 13.4. The van der Waals surface area contributed by atoms with Crippen LogP contribution in [0.5, 0.6) is 5.75 Å². The van der Waals surface area contributed by atoms with Gasteiger partial charge in [-0.2, -0.15) is 0 Å². The zero-order valence-corrected chi connectivity index (χ0v) is 12.0. The molecule has 1 unspecified atom stereocenters. The molecule has 0 saturated carbocycles. The van der Waals surface area contributed by atoms with Crippen LogP contribution >= 0.6 is 11.8 Å². The monoisotopic (exact) mass is 292 g/mol. The van der Waals surface area contributed by atoms with Gasteiger partial charge in [-0.15, -0.1) is 11.8 Å². The third-order valence-corrected chi connectivity index (χ3v) is 4.03. The molecule has 0 aliphatic rings. The van der Waals surface area contributed by atoms with Crippen LogP contribution in [0.1, 0.15) is 11.6 Å². The van der Waals surface area contributed by atoms with E-state index in [0.717, 1.165) is 10.5 Å². The van der Waals surface area contributed by atoms with Gasteiger partial charge < -0.3 is 4.74 Å². The molecule has 0 heterocycles. The molecule has 0 aromatic heterocycles. The molecule has 0 fully saturated rings. The molecule has 3 nitrogen and oxygen atoms in total. The van der Waals surface area contributed by atoms with E-state index in [4.69, 9.17) is 10.6 Å². The molecular formula is C15H17FN2OS. The standard InChI is InChI=1S/C15H17FN2OS/c1-19-15-8-7-11(16)9-13(15)14(18-17)10-20-12-5-3-2-4-6-12/h2-9,14,18H,10,17H2,1H3. The van der Waals surface area contributed by atoms with E-state index in [0.29, 0.717) is 11.5 Å². The molecule has 5 heteroatoms. The summed E-state index contributed by atoms with van der Waals surface area (Å²) in [5.41, 5.74) is 3.44. The fourth-order valence-electron chi connectivity index (χ4n) is 1.90. The normalized spacial score (nSPS) is 12.2. The summed E-state index contributed by atoms with van der Waals surface area (Å²) >= 11 is 1.65. The maximum atomic E-state index is 13.4.